The summed E-state index contributed by atoms with van der Waals surface area (Å²) < 4.78 is 277. The van der Waals surface area contributed by atoms with Crippen LogP contribution >= 0.6 is 0 Å². The summed E-state index contributed by atoms with van der Waals surface area (Å²) in [6.45, 7) is -1.98. The number of hydrogen-bond donors (Lipinski definition) is 1. The highest BCUT2D eigenvalue weighted by Crippen LogP contribution is 2.66. The monoisotopic (exact) mass is 664 g/mol. The van der Waals surface area contributed by atoms with E-state index >= 15 is 0 Å². The number of hydroxylamine groups is 3. The van der Waals surface area contributed by atoms with Gasteiger partial charge in [0.1, 0.15) is 0 Å². The number of nitrogens with one attached hydrogen (secondary N) is 1. The minimum absolute atomic E-state index is 0.628. The summed E-state index contributed by atoms with van der Waals surface area (Å²) in [5.41, 5.74) is 0. The van der Waals surface area contributed by atoms with Gasteiger partial charge in [-0.15, -0.1) is 0 Å². The molecular weight excluding hydrogens is 651 g/mol. The molecule has 0 spiro atoms. The first-order chi connectivity index (χ1) is 17.4. The number of hydrogen-bond acceptors (Lipinski definition) is 2. The SMILES string of the molecule is C[N+](C)([O-])CCCNC(=O)C(F)(F)C(F)(F)C(F)(F)C(F)(F)C(F)(F)C(F)(F)C(F)(F)C(F)(F)C(F)(F)C(F)(F)F. The Hall–Kier alpha value is -2.08. The molecule has 246 valence electrons. The second-order valence-electron chi connectivity index (χ2n) is 8.57. The van der Waals surface area contributed by atoms with Crippen LogP contribution in [0.1, 0.15) is 6.42 Å². The minimum Gasteiger partial charge on any atom is -0.633 e. The largest absolute Gasteiger partial charge is 0.633 e. The molecule has 0 saturated carbocycles. The lowest BCUT2D eigenvalue weighted by molar-refractivity contribution is -0.840. The molecule has 0 unspecified atom stereocenters. The molecule has 25 heteroatoms. The summed E-state index contributed by atoms with van der Waals surface area (Å²) in [5, 5.41) is 11.8. The van der Waals surface area contributed by atoms with E-state index in [1.807, 2.05) is 0 Å². The first-order valence-electron chi connectivity index (χ1n) is 9.67. The van der Waals surface area contributed by atoms with Crippen molar-refractivity contribution in [1.82, 2.24) is 5.32 Å². The minimum atomic E-state index is -9.28. The van der Waals surface area contributed by atoms with Gasteiger partial charge in [-0.2, -0.15) is 92.2 Å². The highest BCUT2D eigenvalue weighted by Gasteiger charge is 2.98. The van der Waals surface area contributed by atoms with E-state index in [0.717, 1.165) is 14.1 Å². The number of rotatable bonds is 13. The van der Waals surface area contributed by atoms with Crippen molar-refractivity contribution in [3.63, 3.8) is 0 Å². The van der Waals surface area contributed by atoms with Crippen molar-refractivity contribution in [2.45, 2.75) is 65.9 Å². The van der Waals surface area contributed by atoms with Crippen molar-refractivity contribution in [3.8, 4) is 0 Å². The molecule has 0 aliphatic carbocycles. The fraction of sp³-hybridized carbons (Fsp3) is 0.938. The van der Waals surface area contributed by atoms with Gasteiger partial charge in [0, 0.05) is 13.0 Å². The van der Waals surface area contributed by atoms with Crippen LogP contribution < -0.4 is 5.32 Å². The van der Waals surface area contributed by atoms with Gasteiger partial charge in [0.2, 0.25) is 0 Å². The zero-order valence-corrected chi connectivity index (χ0v) is 19.3. The normalized spacial score (nSPS) is 16.2. The molecule has 0 rings (SSSR count). The van der Waals surface area contributed by atoms with Gasteiger partial charge in [-0.05, 0) is 0 Å². The third-order valence-electron chi connectivity index (χ3n) is 4.95. The summed E-state index contributed by atoms with van der Waals surface area (Å²) in [6, 6.07) is 0. The van der Waals surface area contributed by atoms with E-state index < -0.39 is 89.5 Å². The summed E-state index contributed by atoms with van der Waals surface area (Å²) >= 11 is 0. The molecule has 0 aliphatic rings. The van der Waals surface area contributed by atoms with E-state index in [9.17, 15) is 102 Å². The molecule has 0 bridgehead atoms. The molecule has 0 saturated heterocycles. The van der Waals surface area contributed by atoms with Gasteiger partial charge < -0.3 is 15.2 Å². The van der Waals surface area contributed by atoms with Crippen LogP contribution in [-0.4, -0.2) is 97.2 Å². The van der Waals surface area contributed by atoms with Gasteiger partial charge in [-0.25, -0.2) is 0 Å². The fourth-order valence-electron chi connectivity index (χ4n) is 2.47. The van der Waals surface area contributed by atoms with Gasteiger partial charge in [0.05, 0.1) is 20.6 Å². The van der Waals surface area contributed by atoms with Crippen molar-refractivity contribution in [2.24, 2.45) is 0 Å². The van der Waals surface area contributed by atoms with Crippen LogP contribution in [0.4, 0.5) is 92.2 Å². The van der Waals surface area contributed by atoms with Gasteiger partial charge in [-0.3, -0.25) is 4.79 Å². The summed E-state index contributed by atoms with van der Waals surface area (Å²) in [6.07, 6.45) is -8.81. The third kappa shape index (κ3) is 5.67. The number of carbonyl (C=O) groups is 1. The first kappa shape index (κ1) is 38.9. The van der Waals surface area contributed by atoms with Gasteiger partial charge >= 0.3 is 59.5 Å². The Morgan fingerprint density at radius 1 is 0.537 bits per heavy atom. The molecule has 4 nitrogen and oxygen atoms in total. The number of quaternary nitrogens is 1. The lowest BCUT2D eigenvalue weighted by Crippen LogP contribution is -2.77. The van der Waals surface area contributed by atoms with Crippen molar-refractivity contribution >= 4 is 5.91 Å². The van der Waals surface area contributed by atoms with Crippen LogP contribution in [0, 0.1) is 5.21 Å². The predicted octanol–water partition coefficient (Wildman–Crippen LogP) is 6.35. The maximum Gasteiger partial charge on any atom is 0.460 e. The molecule has 0 radical (unpaired) electrons. The van der Waals surface area contributed by atoms with Crippen LogP contribution in [0.25, 0.3) is 0 Å². The Kier molecular flexibility index (Phi) is 9.76. The molecule has 41 heavy (non-hydrogen) atoms. The fourth-order valence-corrected chi connectivity index (χ4v) is 2.47. The topological polar surface area (TPSA) is 52.2 Å². The van der Waals surface area contributed by atoms with Gasteiger partial charge in [0.25, 0.3) is 5.91 Å². The van der Waals surface area contributed by atoms with Crippen molar-refractivity contribution < 1.29 is 102 Å². The quantitative estimate of drug-likeness (QED) is 0.108. The Balaban J connectivity index is 6.74. The van der Waals surface area contributed by atoms with E-state index in [-0.39, 0.29) is 0 Å². The standard InChI is InChI=1S/C16H13F21N2O2/c1-39(2,41)5-3-4-38-6(40)7(17,18)8(19,20)9(21,22)10(23,24)11(25,26)12(27,28)13(29,30)14(31,32)15(33,34)16(35,36)37/h3-5H2,1-2H3,(H,38,40). The lowest BCUT2D eigenvalue weighted by atomic mass is 9.86. The average Bonchev–Trinajstić information content (AvgIpc) is 2.73. The van der Waals surface area contributed by atoms with Crippen molar-refractivity contribution in [3.05, 3.63) is 5.21 Å². The van der Waals surface area contributed by atoms with E-state index in [1.165, 1.54) is 0 Å². The molecule has 0 aromatic heterocycles. The van der Waals surface area contributed by atoms with Crippen LogP contribution in [0.15, 0.2) is 0 Å². The first-order valence-corrected chi connectivity index (χ1v) is 9.67. The van der Waals surface area contributed by atoms with Crippen LogP contribution in [-0.2, 0) is 4.79 Å². The van der Waals surface area contributed by atoms with E-state index in [0.29, 0.717) is 5.32 Å². The van der Waals surface area contributed by atoms with E-state index in [4.69, 9.17) is 0 Å². The molecule has 0 atom stereocenters. The third-order valence-corrected chi connectivity index (χ3v) is 4.95. The highest BCUT2D eigenvalue weighted by molar-refractivity contribution is 5.84. The summed E-state index contributed by atoms with van der Waals surface area (Å²) in [5.74, 6) is -82.6. The zero-order chi connectivity index (χ0) is 33.9. The number of alkyl halides is 21. The molecule has 1 N–H and O–H groups in total. The van der Waals surface area contributed by atoms with Crippen molar-refractivity contribution in [1.29, 1.82) is 0 Å². The lowest BCUT2D eigenvalue weighted by Gasteiger charge is -2.44. The molecule has 0 fully saturated rings. The number of nitrogens with zero attached hydrogens (tertiary/aromatic N) is 1. The molecule has 0 heterocycles. The number of amides is 1. The maximum absolute atomic E-state index is 13.7. The smallest absolute Gasteiger partial charge is 0.460 e. The van der Waals surface area contributed by atoms with Crippen molar-refractivity contribution in [2.75, 3.05) is 27.2 Å². The zero-order valence-electron chi connectivity index (χ0n) is 19.3. The van der Waals surface area contributed by atoms with Crippen LogP contribution in [0.2, 0.25) is 0 Å². The Bertz CT molecular complexity index is 950. The second-order valence-corrected chi connectivity index (χ2v) is 8.57. The predicted molar refractivity (Wildman–Crippen MR) is 88.5 cm³/mol. The van der Waals surface area contributed by atoms with Crippen LogP contribution in [0.5, 0.6) is 0 Å². The molecule has 0 aromatic carbocycles. The van der Waals surface area contributed by atoms with E-state index in [1.54, 1.807) is 0 Å². The summed E-state index contributed by atoms with van der Waals surface area (Å²) in [7, 11) is 1.74. The Morgan fingerprint density at radius 3 is 1.07 bits per heavy atom. The number of carbonyl (C=O) groups excluding carboxylic acids is 1. The van der Waals surface area contributed by atoms with Gasteiger partial charge in [-0.1, -0.05) is 0 Å². The Morgan fingerprint density at radius 2 is 0.805 bits per heavy atom. The maximum atomic E-state index is 13.7. The highest BCUT2D eigenvalue weighted by atomic mass is 19.4. The molecule has 0 aliphatic heterocycles. The van der Waals surface area contributed by atoms with E-state index in [2.05, 4.69) is 0 Å². The summed E-state index contributed by atoms with van der Waals surface area (Å²) in [4.78, 5) is 11.2. The molecule has 1 amide bonds. The average molecular weight is 664 g/mol. The van der Waals surface area contributed by atoms with Gasteiger partial charge in [0.15, 0.2) is 0 Å². The molecule has 0 aromatic rings. The second kappa shape index (κ2) is 10.3. The number of halogens is 21. The molecular formula is C16H13F21N2O2. The van der Waals surface area contributed by atoms with Crippen LogP contribution in [0.3, 0.4) is 0 Å². The Labute approximate surface area is 212 Å².